The van der Waals surface area contributed by atoms with Crippen LogP contribution in [0, 0.1) is 19.3 Å². The van der Waals surface area contributed by atoms with Crippen LogP contribution < -0.4 is 5.32 Å². The van der Waals surface area contributed by atoms with Crippen LogP contribution in [0.5, 0.6) is 0 Å². The Balaban J connectivity index is 2.53. The van der Waals surface area contributed by atoms with E-state index in [1.165, 1.54) is 6.07 Å². The highest BCUT2D eigenvalue weighted by molar-refractivity contribution is 5.88. The van der Waals surface area contributed by atoms with Crippen LogP contribution in [0.25, 0.3) is 0 Å². The van der Waals surface area contributed by atoms with Gasteiger partial charge in [0.25, 0.3) is 0 Å². The Hall–Kier alpha value is -1.73. The highest BCUT2D eigenvalue weighted by Gasteiger charge is 2.12. The third kappa shape index (κ3) is 3.15. The second-order valence-corrected chi connectivity index (χ2v) is 3.12. The number of aryl methyl sites for hydroxylation is 1. The SMILES string of the molecule is C#CCCNCc1cc(C(=O)O)c(C)o1. The number of rotatable bonds is 5. The third-order valence-electron chi connectivity index (χ3n) is 1.94. The van der Waals surface area contributed by atoms with Gasteiger partial charge in [0.2, 0.25) is 0 Å². The van der Waals surface area contributed by atoms with Crippen molar-refractivity contribution >= 4 is 5.97 Å². The first-order valence-electron chi connectivity index (χ1n) is 4.62. The summed E-state index contributed by atoms with van der Waals surface area (Å²) >= 11 is 0. The molecule has 4 nitrogen and oxygen atoms in total. The summed E-state index contributed by atoms with van der Waals surface area (Å²) in [7, 11) is 0. The number of aromatic carboxylic acids is 1. The summed E-state index contributed by atoms with van der Waals surface area (Å²) in [5.41, 5.74) is 0.212. The molecule has 0 aliphatic heterocycles. The van der Waals surface area contributed by atoms with Crippen LogP contribution in [0.1, 0.15) is 28.3 Å². The van der Waals surface area contributed by atoms with E-state index in [-0.39, 0.29) is 5.56 Å². The zero-order valence-electron chi connectivity index (χ0n) is 8.54. The number of terminal acetylenes is 1. The van der Waals surface area contributed by atoms with E-state index in [1.807, 2.05) is 0 Å². The van der Waals surface area contributed by atoms with Gasteiger partial charge < -0.3 is 14.8 Å². The van der Waals surface area contributed by atoms with Crippen LogP contribution in [-0.2, 0) is 6.54 Å². The third-order valence-corrected chi connectivity index (χ3v) is 1.94. The molecule has 0 saturated carbocycles. The maximum absolute atomic E-state index is 10.7. The van der Waals surface area contributed by atoms with Gasteiger partial charge in [0.05, 0.1) is 6.54 Å². The summed E-state index contributed by atoms with van der Waals surface area (Å²) in [5.74, 6) is 2.57. The molecule has 1 aromatic heterocycles. The van der Waals surface area contributed by atoms with Crippen LogP contribution >= 0.6 is 0 Å². The Labute approximate surface area is 88.3 Å². The molecule has 15 heavy (non-hydrogen) atoms. The molecule has 0 amide bonds. The zero-order valence-corrected chi connectivity index (χ0v) is 8.54. The largest absolute Gasteiger partial charge is 0.478 e. The van der Waals surface area contributed by atoms with Gasteiger partial charge in [-0.1, -0.05) is 0 Å². The smallest absolute Gasteiger partial charge is 0.339 e. The average Bonchev–Trinajstić information content (AvgIpc) is 2.55. The van der Waals surface area contributed by atoms with E-state index in [0.717, 1.165) is 0 Å². The first-order valence-corrected chi connectivity index (χ1v) is 4.62. The number of furan rings is 1. The molecule has 0 radical (unpaired) electrons. The van der Waals surface area contributed by atoms with E-state index < -0.39 is 5.97 Å². The van der Waals surface area contributed by atoms with E-state index >= 15 is 0 Å². The van der Waals surface area contributed by atoms with E-state index in [4.69, 9.17) is 15.9 Å². The van der Waals surface area contributed by atoms with Crippen molar-refractivity contribution in [2.75, 3.05) is 6.54 Å². The van der Waals surface area contributed by atoms with Crippen molar-refractivity contribution < 1.29 is 14.3 Å². The lowest BCUT2D eigenvalue weighted by Gasteiger charge is -1.97. The average molecular weight is 207 g/mol. The van der Waals surface area contributed by atoms with Crippen molar-refractivity contribution in [3.8, 4) is 12.3 Å². The topological polar surface area (TPSA) is 62.5 Å². The molecule has 0 aliphatic carbocycles. The van der Waals surface area contributed by atoms with Gasteiger partial charge in [-0.25, -0.2) is 4.79 Å². The molecule has 0 unspecified atom stereocenters. The number of hydrogen-bond acceptors (Lipinski definition) is 3. The summed E-state index contributed by atoms with van der Waals surface area (Å²) in [6, 6.07) is 1.53. The lowest BCUT2D eigenvalue weighted by atomic mass is 10.2. The van der Waals surface area contributed by atoms with Gasteiger partial charge in [-0.15, -0.1) is 12.3 Å². The maximum Gasteiger partial charge on any atom is 0.339 e. The van der Waals surface area contributed by atoms with Gasteiger partial charge in [-0.2, -0.15) is 0 Å². The Morgan fingerprint density at radius 3 is 3.00 bits per heavy atom. The van der Waals surface area contributed by atoms with Crippen molar-refractivity contribution in [1.29, 1.82) is 0 Å². The molecule has 4 heteroatoms. The van der Waals surface area contributed by atoms with Gasteiger partial charge in [-0.3, -0.25) is 0 Å². The molecule has 80 valence electrons. The molecule has 0 aromatic carbocycles. The van der Waals surface area contributed by atoms with E-state index in [2.05, 4.69) is 11.2 Å². The molecule has 1 rings (SSSR count). The summed E-state index contributed by atoms with van der Waals surface area (Å²) < 4.78 is 5.26. The summed E-state index contributed by atoms with van der Waals surface area (Å²) in [6.45, 7) is 2.82. The molecule has 0 spiro atoms. The summed E-state index contributed by atoms with van der Waals surface area (Å²) in [6.07, 6.45) is 5.73. The lowest BCUT2D eigenvalue weighted by Crippen LogP contribution is -2.13. The maximum atomic E-state index is 10.7. The number of carbonyl (C=O) groups is 1. The standard InChI is InChI=1S/C11H13NO3/c1-3-4-5-12-7-9-6-10(11(13)14)8(2)15-9/h1,6,12H,4-5,7H2,2H3,(H,13,14). The van der Waals surface area contributed by atoms with Gasteiger partial charge >= 0.3 is 5.97 Å². The molecule has 1 aromatic rings. The predicted molar refractivity (Wildman–Crippen MR) is 55.6 cm³/mol. The van der Waals surface area contributed by atoms with Gasteiger partial charge in [-0.05, 0) is 13.0 Å². The first kappa shape index (κ1) is 11.3. The molecule has 0 atom stereocenters. The second-order valence-electron chi connectivity index (χ2n) is 3.12. The minimum atomic E-state index is -0.967. The monoisotopic (exact) mass is 207 g/mol. The minimum Gasteiger partial charge on any atom is -0.478 e. The Morgan fingerprint density at radius 2 is 2.47 bits per heavy atom. The molecule has 0 fully saturated rings. The number of carboxylic acid groups (broad SMARTS) is 1. The molecule has 1 heterocycles. The highest BCUT2D eigenvalue weighted by atomic mass is 16.4. The fraction of sp³-hybridized carbons (Fsp3) is 0.364. The molecular formula is C11H13NO3. The molecule has 0 bridgehead atoms. The van der Waals surface area contributed by atoms with Crippen LogP contribution in [-0.4, -0.2) is 17.6 Å². The molecule has 0 aliphatic rings. The zero-order chi connectivity index (χ0) is 11.3. The normalized spacial score (nSPS) is 9.87. The molecule has 0 saturated heterocycles. The quantitative estimate of drug-likeness (QED) is 0.566. The van der Waals surface area contributed by atoms with Crippen LogP contribution in [0.2, 0.25) is 0 Å². The minimum absolute atomic E-state index is 0.212. The first-order chi connectivity index (χ1) is 7.15. The summed E-state index contributed by atoms with van der Waals surface area (Å²) in [4.78, 5) is 10.7. The number of hydrogen-bond donors (Lipinski definition) is 2. The number of nitrogens with one attached hydrogen (secondary N) is 1. The van der Waals surface area contributed by atoms with Gasteiger partial charge in [0, 0.05) is 13.0 Å². The van der Waals surface area contributed by atoms with E-state index in [1.54, 1.807) is 6.92 Å². The van der Waals surface area contributed by atoms with E-state index in [0.29, 0.717) is 31.0 Å². The van der Waals surface area contributed by atoms with Crippen LogP contribution in [0.15, 0.2) is 10.5 Å². The highest BCUT2D eigenvalue weighted by Crippen LogP contribution is 2.14. The molecular weight excluding hydrogens is 194 g/mol. The van der Waals surface area contributed by atoms with Gasteiger partial charge in [0.15, 0.2) is 0 Å². The van der Waals surface area contributed by atoms with Crippen molar-refractivity contribution in [1.82, 2.24) is 5.32 Å². The molecule has 2 N–H and O–H groups in total. The summed E-state index contributed by atoms with van der Waals surface area (Å²) in [5, 5.41) is 11.8. The Morgan fingerprint density at radius 1 is 1.73 bits per heavy atom. The Kier molecular flexibility index (Phi) is 3.95. The second kappa shape index (κ2) is 5.23. The van der Waals surface area contributed by atoms with Crippen molar-refractivity contribution in [3.63, 3.8) is 0 Å². The predicted octanol–water partition coefficient (Wildman–Crippen LogP) is 1.40. The number of carboxylic acids is 1. The van der Waals surface area contributed by atoms with E-state index in [9.17, 15) is 4.79 Å². The van der Waals surface area contributed by atoms with Crippen LogP contribution in [0.4, 0.5) is 0 Å². The lowest BCUT2D eigenvalue weighted by molar-refractivity contribution is 0.0695. The van der Waals surface area contributed by atoms with Crippen molar-refractivity contribution in [3.05, 3.63) is 23.2 Å². The fourth-order valence-corrected chi connectivity index (χ4v) is 1.22. The van der Waals surface area contributed by atoms with Crippen molar-refractivity contribution in [2.45, 2.75) is 19.9 Å². The Bertz CT molecular complexity index is 387. The van der Waals surface area contributed by atoms with Crippen LogP contribution in [0.3, 0.4) is 0 Å². The van der Waals surface area contributed by atoms with Gasteiger partial charge in [0.1, 0.15) is 17.1 Å². The van der Waals surface area contributed by atoms with Crippen molar-refractivity contribution in [2.24, 2.45) is 0 Å². The fourth-order valence-electron chi connectivity index (χ4n) is 1.22.